The number of esters is 3. The fourth-order valence-electron chi connectivity index (χ4n) is 1.04. The van der Waals surface area contributed by atoms with Crippen LogP contribution in [0.5, 0.6) is 0 Å². The molecule has 0 aliphatic rings. The van der Waals surface area contributed by atoms with Crippen LogP contribution in [0.4, 0.5) is 0 Å². The van der Waals surface area contributed by atoms with Crippen LogP contribution in [0.1, 0.15) is 34.6 Å². The summed E-state index contributed by atoms with van der Waals surface area (Å²) in [6.07, 6.45) is -0.685. The lowest BCUT2D eigenvalue weighted by atomic mass is 10.2. The molecule has 0 bridgehead atoms. The average Bonchev–Trinajstić information content (AvgIpc) is 2.39. The zero-order chi connectivity index (χ0) is 16.4. The highest BCUT2D eigenvalue weighted by atomic mass is 16.7. The normalized spacial score (nSPS) is 10.9. The highest BCUT2D eigenvalue weighted by molar-refractivity contribution is 5.72. The second-order valence-corrected chi connectivity index (χ2v) is 5.11. The fraction of sp³-hybridized carbons (Fsp3) is 0.786. The number of carbonyl (C=O) groups is 3. The van der Waals surface area contributed by atoms with Crippen LogP contribution in [0.15, 0.2) is 0 Å². The van der Waals surface area contributed by atoms with Crippen molar-refractivity contribution < 1.29 is 33.3 Å². The summed E-state index contributed by atoms with van der Waals surface area (Å²) < 4.78 is 19.9. The molecule has 0 aromatic rings. The third-order valence-corrected chi connectivity index (χ3v) is 2.33. The van der Waals surface area contributed by atoms with Gasteiger partial charge in [0.15, 0.2) is 6.79 Å². The Kier molecular flexibility index (Phi) is 9.36. The Bertz CT molecular complexity index is 325. The Labute approximate surface area is 124 Å². The van der Waals surface area contributed by atoms with Crippen LogP contribution in [0.3, 0.4) is 0 Å². The highest BCUT2D eigenvalue weighted by Crippen LogP contribution is 2.03. The van der Waals surface area contributed by atoms with Crippen molar-refractivity contribution in [3.8, 4) is 0 Å². The maximum absolute atomic E-state index is 11.4. The molecular formula is C14H24O7. The Hall–Kier alpha value is -1.63. The second kappa shape index (κ2) is 10.1. The first-order chi connectivity index (χ1) is 9.73. The SMILES string of the molecule is CC(=O)OCOC(COC(=O)C(C)C)COC(=O)C(C)C. The quantitative estimate of drug-likeness (QED) is 0.360. The molecule has 7 nitrogen and oxygen atoms in total. The van der Waals surface area contributed by atoms with Crippen LogP contribution in [0.25, 0.3) is 0 Å². The molecule has 0 spiro atoms. The topological polar surface area (TPSA) is 88.1 Å². The lowest BCUT2D eigenvalue weighted by Gasteiger charge is -2.19. The molecule has 0 radical (unpaired) electrons. The van der Waals surface area contributed by atoms with Crippen molar-refractivity contribution >= 4 is 17.9 Å². The molecule has 0 fully saturated rings. The number of carbonyl (C=O) groups excluding carboxylic acids is 3. The lowest BCUT2D eigenvalue weighted by Crippen LogP contribution is -2.31. The van der Waals surface area contributed by atoms with Crippen molar-refractivity contribution in [1.29, 1.82) is 0 Å². The molecule has 0 rings (SSSR count). The molecular weight excluding hydrogens is 280 g/mol. The van der Waals surface area contributed by atoms with Crippen LogP contribution in [0, 0.1) is 11.8 Å². The van der Waals surface area contributed by atoms with Crippen LogP contribution >= 0.6 is 0 Å². The molecule has 7 heteroatoms. The molecule has 0 amide bonds. The zero-order valence-electron chi connectivity index (χ0n) is 13.2. The van der Waals surface area contributed by atoms with Gasteiger partial charge in [-0.25, -0.2) is 0 Å². The van der Waals surface area contributed by atoms with E-state index in [1.807, 2.05) is 0 Å². The molecule has 0 saturated heterocycles. The van der Waals surface area contributed by atoms with E-state index in [9.17, 15) is 14.4 Å². The number of ether oxygens (including phenoxy) is 4. The van der Waals surface area contributed by atoms with Gasteiger partial charge in [-0.15, -0.1) is 0 Å². The van der Waals surface area contributed by atoms with E-state index in [0.717, 1.165) is 0 Å². The van der Waals surface area contributed by atoms with Gasteiger partial charge in [0.05, 0.1) is 11.8 Å². The largest absolute Gasteiger partial charge is 0.463 e. The number of rotatable bonds is 9. The van der Waals surface area contributed by atoms with Gasteiger partial charge in [0.1, 0.15) is 19.3 Å². The van der Waals surface area contributed by atoms with Crippen LogP contribution in [0.2, 0.25) is 0 Å². The van der Waals surface area contributed by atoms with Gasteiger partial charge in [0.25, 0.3) is 0 Å². The van der Waals surface area contributed by atoms with Gasteiger partial charge in [0, 0.05) is 6.92 Å². The van der Waals surface area contributed by atoms with Crippen molar-refractivity contribution in [3.05, 3.63) is 0 Å². The third-order valence-electron chi connectivity index (χ3n) is 2.33. The molecule has 0 aromatic heterocycles. The van der Waals surface area contributed by atoms with Gasteiger partial charge in [-0.3, -0.25) is 14.4 Å². The van der Waals surface area contributed by atoms with Gasteiger partial charge in [-0.1, -0.05) is 27.7 Å². The Morgan fingerprint density at radius 1 is 0.810 bits per heavy atom. The minimum atomic E-state index is -0.685. The Morgan fingerprint density at radius 3 is 1.57 bits per heavy atom. The van der Waals surface area contributed by atoms with Gasteiger partial charge in [-0.2, -0.15) is 0 Å². The Balaban J connectivity index is 4.29. The summed E-state index contributed by atoms with van der Waals surface area (Å²) in [6.45, 7) is 7.61. The van der Waals surface area contributed by atoms with Crippen molar-refractivity contribution in [2.45, 2.75) is 40.7 Å². The fourth-order valence-corrected chi connectivity index (χ4v) is 1.04. The molecule has 0 aliphatic heterocycles. The van der Waals surface area contributed by atoms with Gasteiger partial charge >= 0.3 is 17.9 Å². The second-order valence-electron chi connectivity index (χ2n) is 5.11. The summed E-state index contributed by atoms with van der Waals surface area (Å²) in [5.74, 6) is -1.79. The predicted molar refractivity (Wildman–Crippen MR) is 73.1 cm³/mol. The van der Waals surface area contributed by atoms with Crippen molar-refractivity contribution in [2.75, 3.05) is 20.0 Å². The van der Waals surface area contributed by atoms with E-state index in [0.29, 0.717) is 0 Å². The van der Waals surface area contributed by atoms with Crippen LogP contribution < -0.4 is 0 Å². The zero-order valence-corrected chi connectivity index (χ0v) is 13.2. The Morgan fingerprint density at radius 2 is 1.24 bits per heavy atom. The molecule has 0 aliphatic carbocycles. The van der Waals surface area contributed by atoms with Gasteiger partial charge in [0.2, 0.25) is 0 Å². The summed E-state index contributed by atoms with van der Waals surface area (Å²) in [5.41, 5.74) is 0. The first-order valence-electron chi connectivity index (χ1n) is 6.82. The van der Waals surface area contributed by atoms with E-state index in [2.05, 4.69) is 4.74 Å². The van der Waals surface area contributed by atoms with Crippen LogP contribution in [-0.2, 0) is 33.3 Å². The molecule has 0 atom stereocenters. The maximum atomic E-state index is 11.4. The van der Waals surface area contributed by atoms with Gasteiger partial charge < -0.3 is 18.9 Å². The average molecular weight is 304 g/mol. The molecule has 0 heterocycles. The van der Waals surface area contributed by atoms with E-state index in [1.165, 1.54) is 6.92 Å². The first kappa shape index (κ1) is 19.4. The van der Waals surface area contributed by atoms with E-state index < -0.39 is 12.1 Å². The van der Waals surface area contributed by atoms with E-state index in [4.69, 9.17) is 14.2 Å². The van der Waals surface area contributed by atoms with Crippen molar-refractivity contribution in [2.24, 2.45) is 11.8 Å². The summed E-state index contributed by atoms with van der Waals surface area (Å²) >= 11 is 0. The minimum Gasteiger partial charge on any atom is -0.463 e. The first-order valence-corrected chi connectivity index (χ1v) is 6.82. The maximum Gasteiger partial charge on any atom is 0.308 e. The summed E-state index contributed by atoms with van der Waals surface area (Å²) in [6, 6.07) is 0. The van der Waals surface area contributed by atoms with E-state index in [-0.39, 0.29) is 43.8 Å². The molecule has 0 N–H and O–H groups in total. The van der Waals surface area contributed by atoms with Gasteiger partial charge in [-0.05, 0) is 0 Å². The van der Waals surface area contributed by atoms with E-state index in [1.54, 1.807) is 27.7 Å². The monoisotopic (exact) mass is 304 g/mol. The minimum absolute atomic E-state index is 0.0797. The molecule has 0 saturated carbocycles. The molecule has 122 valence electrons. The standard InChI is InChI=1S/C14H24O7/c1-9(2)13(16)18-6-12(21-8-20-11(5)15)7-19-14(17)10(3)4/h9-10,12H,6-8H2,1-5H3. The number of hydrogen-bond donors (Lipinski definition) is 0. The van der Waals surface area contributed by atoms with Crippen molar-refractivity contribution in [3.63, 3.8) is 0 Å². The summed E-state index contributed by atoms with van der Waals surface area (Å²) in [4.78, 5) is 33.5. The summed E-state index contributed by atoms with van der Waals surface area (Å²) in [5, 5.41) is 0. The van der Waals surface area contributed by atoms with Crippen molar-refractivity contribution in [1.82, 2.24) is 0 Å². The third kappa shape index (κ3) is 9.84. The molecule has 0 unspecified atom stereocenters. The number of hydrogen-bond acceptors (Lipinski definition) is 7. The van der Waals surface area contributed by atoms with Crippen LogP contribution in [-0.4, -0.2) is 44.0 Å². The lowest BCUT2D eigenvalue weighted by molar-refractivity contribution is -0.175. The molecule has 21 heavy (non-hydrogen) atoms. The smallest absolute Gasteiger partial charge is 0.308 e. The summed E-state index contributed by atoms with van der Waals surface area (Å²) in [7, 11) is 0. The van der Waals surface area contributed by atoms with E-state index >= 15 is 0 Å². The highest BCUT2D eigenvalue weighted by Gasteiger charge is 2.18. The predicted octanol–water partition coefficient (Wildman–Crippen LogP) is 1.29. The molecule has 0 aromatic carbocycles.